The minimum absolute atomic E-state index is 0.000427. The van der Waals surface area contributed by atoms with E-state index in [-0.39, 0.29) is 35.1 Å². The van der Waals surface area contributed by atoms with Gasteiger partial charge < -0.3 is 9.30 Å². The molecular weight excluding hydrogens is 252 g/mol. The van der Waals surface area contributed by atoms with E-state index in [0.717, 1.165) is 6.07 Å². The first kappa shape index (κ1) is 12.1. The molecule has 1 aliphatic heterocycles. The van der Waals surface area contributed by atoms with E-state index in [0.29, 0.717) is 5.52 Å². The number of benzene rings is 1. The highest BCUT2D eigenvalue weighted by Crippen LogP contribution is 2.36. The van der Waals surface area contributed by atoms with Crippen LogP contribution < -0.4 is 10.2 Å². The molecule has 0 radical (unpaired) electrons. The average Bonchev–Trinajstić information content (AvgIpc) is 2.38. The maximum absolute atomic E-state index is 13.8. The van der Waals surface area contributed by atoms with Gasteiger partial charge in [-0.2, -0.15) is 4.39 Å². The third kappa shape index (κ3) is 1.64. The largest absolute Gasteiger partial charge is 0.486 e. The molecular formula is C14H13F2NO2. The highest BCUT2D eigenvalue weighted by atomic mass is 19.2. The lowest BCUT2D eigenvalue weighted by Crippen LogP contribution is -2.29. The highest BCUT2D eigenvalue weighted by Gasteiger charge is 2.28. The molecule has 0 spiro atoms. The van der Waals surface area contributed by atoms with Crippen molar-refractivity contribution in [1.29, 1.82) is 0 Å². The van der Waals surface area contributed by atoms with Crippen molar-refractivity contribution in [3.8, 4) is 5.75 Å². The minimum atomic E-state index is -1.06. The van der Waals surface area contributed by atoms with E-state index in [1.807, 2.05) is 18.4 Å². The number of nitrogens with zero attached hydrogens (tertiary/aromatic N) is 1. The molecule has 0 fully saturated rings. The second kappa shape index (κ2) is 4.05. The fraction of sp³-hybridized carbons (Fsp3) is 0.357. The molecule has 1 atom stereocenters. The minimum Gasteiger partial charge on any atom is -0.486 e. The number of ether oxygens (including phenoxy) is 1. The van der Waals surface area contributed by atoms with Crippen LogP contribution in [0.5, 0.6) is 5.75 Å². The van der Waals surface area contributed by atoms with Crippen LogP contribution in [0, 0.1) is 17.6 Å². The summed E-state index contributed by atoms with van der Waals surface area (Å²) in [5.41, 5.74) is 0.00996. The summed E-state index contributed by atoms with van der Waals surface area (Å²) in [7, 11) is 0. The average molecular weight is 265 g/mol. The molecule has 0 saturated heterocycles. The summed E-state index contributed by atoms with van der Waals surface area (Å²) in [5.74, 6) is -1.99. The maximum atomic E-state index is 13.8. The smallest absolute Gasteiger partial charge is 0.202 e. The van der Waals surface area contributed by atoms with E-state index in [9.17, 15) is 13.6 Å². The summed E-state index contributed by atoms with van der Waals surface area (Å²) >= 11 is 0. The Hall–Kier alpha value is -1.91. The number of halogens is 2. The molecule has 0 N–H and O–H groups in total. The Labute approximate surface area is 108 Å². The van der Waals surface area contributed by atoms with Crippen LogP contribution >= 0.6 is 0 Å². The van der Waals surface area contributed by atoms with Gasteiger partial charge in [0.15, 0.2) is 17.0 Å². The second-order valence-corrected chi connectivity index (χ2v) is 5.11. The molecule has 2 heterocycles. The van der Waals surface area contributed by atoms with E-state index in [4.69, 9.17) is 4.74 Å². The Morgan fingerprint density at radius 3 is 2.84 bits per heavy atom. The van der Waals surface area contributed by atoms with Crippen LogP contribution in [0.2, 0.25) is 0 Å². The third-order valence-corrected chi connectivity index (χ3v) is 3.59. The van der Waals surface area contributed by atoms with Gasteiger partial charge in [0.05, 0.1) is 16.9 Å². The lowest BCUT2D eigenvalue weighted by Gasteiger charge is -2.31. The summed E-state index contributed by atoms with van der Waals surface area (Å²) in [5, 5.41) is 0.154. The van der Waals surface area contributed by atoms with Crippen LogP contribution in [0.15, 0.2) is 23.1 Å². The molecule has 19 heavy (non-hydrogen) atoms. The van der Waals surface area contributed by atoms with Gasteiger partial charge in [0.2, 0.25) is 5.82 Å². The Kier molecular flexibility index (Phi) is 2.59. The predicted octanol–water partition coefficient (Wildman–Crippen LogP) is 2.87. The topological polar surface area (TPSA) is 31.2 Å². The molecule has 0 amide bonds. The Balaban J connectivity index is 2.45. The van der Waals surface area contributed by atoms with Gasteiger partial charge in [-0.1, -0.05) is 13.8 Å². The molecule has 5 heteroatoms. The van der Waals surface area contributed by atoms with Crippen molar-refractivity contribution in [2.45, 2.75) is 19.9 Å². The molecule has 0 aliphatic carbocycles. The molecule has 1 unspecified atom stereocenters. The molecule has 3 nitrogen and oxygen atoms in total. The normalized spacial score (nSPS) is 17.8. The number of pyridine rings is 1. The van der Waals surface area contributed by atoms with Crippen LogP contribution in [0.1, 0.15) is 19.9 Å². The standard InChI is InChI=1S/C14H13F2NO2/c1-7(2)10-6-19-14-12(16)9(15)5-8-11(18)3-4-17(10)13(8)14/h3-5,7,10H,6H2,1-2H3. The number of rotatable bonds is 1. The van der Waals surface area contributed by atoms with Gasteiger partial charge >= 0.3 is 0 Å². The van der Waals surface area contributed by atoms with Crippen LogP contribution in [0.4, 0.5) is 8.78 Å². The fourth-order valence-electron chi connectivity index (χ4n) is 2.52. The van der Waals surface area contributed by atoms with Gasteiger partial charge in [0.25, 0.3) is 0 Å². The highest BCUT2D eigenvalue weighted by molar-refractivity contribution is 5.85. The summed E-state index contributed by atoms with van der Waals surface area (Å²) in [4.78, 5) is 11.8. The van der Waals surface area contributed by atoms with Crippen molar-refractivity contribution in [3.05, 3.63) is 40.2 Å². The zero-order valence-corrected chi connectivity index (χ0v) is 10.6. The lowest BCUT2D eigenvalue weighted by molar-refractivity contribution is 0.190. The maximum Gasteiger partial charge on any atom is 0.202 e. The quantitative estimate of drug-likeness (QED) is 0.794. The van der Waals surface area contributed by atoms with E-state index < -0.39 is 11.6 Å². The summed E-state index contributed by atoms with van der Waals surface area (Å²) in [6.07, 6.45) is 1.62. The van der Waals surface area contributed by atoms with E-state index in [1.54, 1.807) is 6.20 Å². The van der Waals surface area contributed by atoms with Crippen molar-refractivity contribution in [3.63, 3.8) is 0 Å². The summed E-state index contributed by atoms with van der Waals surface area (Å²) in [6.45, 7) is 4.30. The van der Waals surface area contributed by atoms with Crippen LogP contribution in [0.3, 0.4) is 0 Å². The zero-order valence-electron chi connectivity index (χ0n) is 10.6. The van der Waals surface area contributed by atoms with Gasteiger partial charge in [-0.25, -0.2) is 4.39 Å². The molecule has 1 aliphatic rings. The molecule has 0 bridgehead atoms. The molecule has 100 valence electrons. The Morgan fingerprint density at radius 1 is 1.42 bits per heavy atom. The van der Waals surface area contributed by atoms with Crippen LogP contribution in [-0.2, 0) is 0 Å². The Bertz CT molecular complexity index is 721. The number of hydrogen-bond donors (Lipinski definition) is 0. The number of aromatic nitrogens is 1. The third-order valence-electron chi connectivity index (χ3n) is 3.59. The zero-order chi connectivity index (χ0) is 13.7. The first-order chi connectivity index (χ1) is 9.00. The molecule has 1 aromatic heterocycles. The van der Waals surface area contributed by atoms with Crippen LogP contribution in [-0.4, -0.2) is 11.2 Å². The SMILES string of the molecule is CC(C)C1COc2c(F)c(F)cc3c(=O)ccn1c23. The van der Waals surface area contributed by atoms with Gasteiger partial charge in [-0.05, 0) is 12.0 Å². The lowest BCUT2D eigenvalue weighted by atomic mass is 10.0. The van der Waals surface area contributed by atoms with Crippen LogP contribution in [0.25, 0.3) is 10.9 Å². The van der Waals surface area contributed by atoms with E-state index in [2.05, 4.69) is 0 Å². The molecule has 3 rings (SSSR count). The first-order valence-electron chi connectivity index (χ1n) is 6.16. The van der Waals surface area contributed by atoms with E-state index in [1.165, 1.54) is 6.07 Å². The monoisotopic (exact) mass is 265 g/mol. The second-order valence-electron chi connectivity index (χ2n) is 5.11. The fourth-order valence-corrected chi connectivity index (χ4v) is 2.52. The summed E-state index contributed by atoms with van der Waals surface area (Å²) < 4.78 is 34.4. The molecule has 2 aromatic rings. The van der Waals surface area contributed by atoms with Crippen molar-refractivity contribution in [2.75, 3.05) is 6.61 Å². The van der Waals surface area contributed by atoms with Gasteiger partial charge in [0, 0.05) is 12.3 Å². The number of hydrogen-bond acceptors (Lipinski definition) is 2. The van der Waals surface area contributed by atoms with Gasteiger partial charge in [-0.15, -0.1) is 0 Å². The predicted molar refractivity (Wildman–Crippen MR) is 67.5 cm³/mol. The first-order valence-corrected chi connectivity index (χ1v) is 6.16. The van der Waals surface area contributed by atoms with Crippen molar-refractivity contribution < 1.29 is 13.5 Å². The molecule has 1 aromatic carbocycles. The molecule has 0 saturated carbocycles. The Morgan fingerprint density at radius 2 is 2.16 bits per heavy atom. The van der Waals surface area contributed by atoms with E-state index >= 15 is 0 Å². The van der Waals surface area contributed by atoms with Crippen molar-refractivity contribution in [2.24, 2.45) is 5.92 Å². The van der Waals surface area contributed by atoms with Gasteiger partial charge in [0.1, 0.15) is 6.61 Å². The van der Waals surface area contributed by atoms with Gasteiger partial charge in [-0.3, -0.25) is 4.79 Å². The van der Waals surface area contributed by atoms with Crippen molar-refractivity contribution >= 4 is 10.9 Å². The van der Waals surface area contributed by atoms with Crippen molar-refractivity contribution in [1.82, 2.24) is 4.57 Å². The summed E-state index contributed by atoms with van der Waals surface area (Å²) in [6, 6.07) is 2.32.